The van der Waals surface area contributed by atoms with Gasteiger partial charge in [-0.2, -0.15) is 0 Å². The number of hydrogen-bond donors (Lipinski definition) is 2. The summed E-state index contributed by atoms with van der Waals surface area (Å²) in [4.78, 5) is 11.1. The summed E-state index contributed by atoms with van der Waals surface area (Å²) < 4.78 is 5.06. The van der Waals surface area contributed by atoms with Crippen LogP contribution >= 0.6 is 0 Å². The molecule has 0 aromatic rings. The van der Waals surface area contributed by atoms with Crippen LogP contribution in [0.15, 0.2) is 11.6 Å². The van der Waals surface area contributed by atoms with Crippen LogP contribution in [0, 0.1) is 28.1 Å². The van der Waals surface area contributed by atoms with Crippen LogP contribution in [-0.2, 0) is 9.53 Å². The molecule has 4 nitrogen and oxygen atoms in total. The molecule has 2 fully saturated rings. The zero-order chi connectivity index (χ0) is 19.3. The fourth-order valence-corrected chi connectivity index (χ4v) is 6.39. The molecule has 2 saturated carbocycles. The molecule has 0 spiro atoms. The molecule has 0 unspecified atom stereocenters. The summed E-state index contributed by atoms with van der Waals surface area (Å²) in [5.74, 6) is 0.739. The number of aliphatic hydroxyl groups excluding tert-OH is 2. The maximum Gasteiger partial charge on any atom is 0.302 e. The van der Waals surface area contributed by atoms with E-state index in [1.807, 2.05) is 0 Å². The van der Waals surface area contributed by atoms with E-state index in [0.29, 0.717) is 11.8 Å². The number of carbonyl (C=O) groups excluding carboxylic acids is 1. The minimum Gasteiger partial charge on any atom is -0.463 e. The van der Waals surface area contributed by atoms with Gasteiger partial charge in [-0.05, 0) is 61.2 Å². The van der Waals surface area contributed by atoms with Crippen molar-refractivity contribution in [2.45, 2.75) is 85.4 Å². The average Bonchev–Trinajstić information content (AvgIpc) is 2.56. The predicted octanol–water partition coefficient (Wildman–Crippen LogP) is 3.85. The topological polar surface area (TPSA) is 66.8 Å². The van der Waals surface area contributed by atoms with Gasteiger partial charge in [0, 0.05) is 12.3 Å². The maximum absolute atomic E-state index is 11.1. The van der Waals surface area contributed by atoms with Gasteiger partial charge in [-0.25, -0.2) is 0 Å². The standard InChI is InChI=1S/C22H36O4/c1-14(23)26-13-19(25)21(4)10-8-16-15(12-21)6-7-17-20(2,3)18(24)9-11-22(16,17)5/h12,16-19,24-25H,6-11,13H2,1-5H3/t16-,17-,18+,19-,21+,22+/m0/s1. The molecule has 0 aromatic carbocycles. The molecule has 6 atom stereocenters. The largest absolute Gasteiger partial charge is 0.463 e. The highest BCUT2D eigenvalue weighted by atomic mass is 16.5. The summed E-state index contributed by atoms with van der Waals surface area (Å²) in [6.45, 7) is 10.5. The number of hydrogen-bond acceptors (Lipinski definition) is 4. The van der Waals surface area contributed by atoms with Gasteiger partial charge in [-0.1, -0.05) is 39.3 Å². The lowest BCUT2D eigenvalue weighted by Crippen LogP contribution is -2.55. The summed E-state index contributed by atoms with van der Waals surface area (Å²) in [5.41, 5.74) is 1.35. The van der Waals surface area contributed by atoms with E-state index < -0.39 is 6.10 Å². The molecule has 0 heterocycles. The van der Waals surface area contributed by atoms with Crippen molar-refractivity contribution in [1.82, 2.24) is 0 Å². The van der Waals surface area contributed by atoms with E-state index in [2.05, 4.69) is 33.8 Å². The molecule has 0 bridgehead atoms. The lowest BCUT2D eigenvalue weighted by Gasteiger charge is -2.61. The first-order valence-electron chi connectivity index (χ1n) is 10.2. The highest BCUT2D eigenvalue weighted by Gasteiger charge is 2.57. The molecule has 0 radical (unpaired) electrons. The smallest absolute Gasteiger partial charge is 0.302 e. The number of aliphatic hydroxyl groups is 2. The Bertz CT molecular complexity index is 595. The fourth-order valence-electron chi connectivity index (χ4n) is 6.39. The van der Waals surface area contributed by atoms with Crippen molar-refractivity contribution in [3.8, 4) is 0 Å². The molecular weight excluding hydrogens is 328 g/mol. The van der Waals surface area contributed by atoms with Crippen LogP contribution in [0.4, 0.5) is 0 Å². The number of fused-ring (bicyclic) bond motifs is 3. The molecule has 148 valence electrons. The SMILES string of the molecule is CC(=O)OC[C@H](O)[C@@]1(C)C=C2CC[C@H]3C(C)(C)[C@H](O)CC[C@]3(C)[C@H]2CC1. The fraction of sp³-hybridized carbons (Fsp3) is 0.864. The van der Waals surface area contributed by atoms with Crippen LogP contribution in [0.1, 0.15) is 73.1 Å². The van der Waals surface area contributed by atoms with E-state index in [4.69, 9.17) is 4.74 Å². The van der Waals surface area contributed by atoms with E-state index in [-0.39, 0.29) is 34.9 Å². The second-order valence-corrected chi connectivity index (χ2v) is 10.1. The predicted molar refractivity (Wildman–Crippen MR) is 101 cm³/mol. The van der Waals surface area contributed by atoms with Crippen molar-refractivity contribution < 1.29 is 19.7 Å². The van der Waals surface area contributed by atoms with Crippen LogP contribution in [0.5, 0.6) is 0 Å². The molecule has 0 amide bonds. The van der Waals surface area contributed by atoms with Crippen LogP contribution in [0.25, 0.3) is 0 Å². The second-order valence-electron chi connectivity index (χ2n) is 10.1. The van der Waals surface area contributed by atoms with Crippen molar-refractivity contribution in [3.05, 3.63) is 11.6 Å². The van der Waals surface area contributed by atoms with Gasteiger partial charge < -0.3 is 14.9 Å². The van der Waals surface area contributed by atoms with Crippen LogP contribution in [0.2, 0.25) is 0 Å². The average molecular weight is 365 g/mol. The van der Waals surface area contributed by atoms with E-state index >= 15 is 0 Å². The Balaban J connectivity index is 1.83. The van der Waals surface area contributed by atoms with Gasteiger partial charge >= 0.3 is 5.97 Å². The minimum atomic E-state index is -0.657. The van der Waals surface area contributed by atoms with Crippen molar-refractivity contribution in [2.24, 2.45) is 28.1 Å². The number of carbonyl (C=O) groups is 1. The summed E-state index contributed by atoms with van der Waals surface area (Å²) in [6, 6.07) is 0. The van der Waals surface area contributed by atoms with Crippen molar-refractivity contribution >= 4 is 5.97 Å². The molecule has 3 rings (SSSR count). The van der Waals surface area contributed by atoms with Gasteiger partial charge in [0.2, 0.25) is 0 Å². The van der Waals surface area contributed by atoms with Crippen molar-refractivity contribution in [3.63, 3.8) is 0 Å². The van der Waals surface area contributed by atoms with Gasteiger partial charge in [0.05, 0.1) is 12.2 Å². The lowest BCUT2D eigenvalue weighted by molar-refractivity contribution is -0.147. The normalized spacial score (nSPS) is 42.9. The Morgan fingerprint density at radius 3 is 2.58 bits per heavy atom. The van der Waals surface area contributed by atoms with E-state index in [0.717, 1.165) is 38.5 Å². The van der Waals surface area contributed by atoms with Gasteiger partial charge in [0.25, 0.3) is 0 Å². The Morgan fingerprint density at radius 2 is 1.92 bits per heavy atom. The lowest BCUT2D eigenvalue weighted by atomic mass is 9.45. The first-order chi connectivity index (χ1) is 12.0. The Morgan fingerprint density at radius 1 is 1.23 bits per heavy atom. The second kappa shape index (κ2) is 6.63. The number of rotatable bonds is 3. The third-order valence-electron chi connectivity index (χ3n) is 8.17. The molecule has 0 saturated heterocycles. The molecule has 3 aliphatic carbocycles. The van der Waals surface area contributed by atoms with Gasteiger partial charge in [-0.15, -0.1) is 0 Å². The Kier molecular flexibility index (Phi) is 5.07. The summed E-state index contributed by atoms with van der Waals surface area (Å²) in [6.07, 6.45) is 7.55. The monoisotopic (exact) mass is 364 g/mol. The van der Waals surface area contributed by atoms with Gasteiger partial charge in [-0.3, -0.25) is 4.79 Å². The summed E-state index contributed by atoms with van der Waals surface area (Å²) >= 11 is 0. The Labute approximate surface area is 158 Å². The van der Waals surface area contributed by atoms with Crippen molar-refractivity contribution in [2.75, 3.05) is 6.61 Å². The van der Waals surface area contributed by atoms with Crippen LogP contribution < -0.4 is 0 Å². The first-order valence-corrected chi connectivity index (χ1v) is 10.2. The third kappa shape index (κ3) is 3.13. The zero-order valence-electron chi connectivity index (χ0n) is 17.0. The third-order valence-corrected chi connectivity index (χ3v) is 8.17. The number of ether oxygens (including phenoxy) is 1. The van der Waals surface area contributed by atoms with E-state index in [9.17, 15) is 15.0 Å². The Hall–Kier alpha value is -0.870. The maximum atomic E-state index is 11.1. The molecule has 0 aliphatic heterocycles. The highest BCUT2D eigenvalue weighted by molar-refractivity contribution is 5.65. The van der Waals surface area contributed by atoms with Gasteiger partial charge in [0.1, 0.15) is 6.61 Å². The van der Waals surface area contributed by atoms with Crippen molar-refractivity contribution in [1.29, 1.82) is 0 Å². The highest BCUT2D eigenvalue weighted by Crippen LogP contribution is 2.63. The molecule has 26 heavy (non-hydrogen) atoms. The zero-order valence-corrected chi connectivity index (χ0v) is 17.0. The quantitative estimate of drug-likeness (QED) is 0.590. The van der Waals surface area contributed by atoms with E-state index in [1.165, 1.54) is 12.5 Å². The molecule has 0 aromatic heterocycles. The van der Waals surface area contributed by atoms with E-state index in [1.54, 1.807) is 0 Å². The van der Waals surface area contributed by atoms with Crippen LogP contribution in [-0.4, -0.2) is 35.0 Å². The minimum absolute atomic E-state index is 0.0336. The first kappa shape index (κ1) is 19.9. The summed E-state index contributed by atoms with van der Waals surface area (Å²) in [5, 5.41) is 21.2. The number of esters is 1. The van der Waals surface area contributed by atoms with Gasteiger partial charge in [0.15, 0.2) is 0 Å². The molecular formula is C22H36O4. The summed E-state index contributed by atoms with van der Waals surface area (Å²) in [7, 11) is 0. The molecule has 4 heteroatoms. The molecule has 2 N–H and O–H groups in total. The van der Waals surface area contributed by atoms with Crippen LogP contribution in [0.3, 0.4) is 0 Å². The molecule has 3 aliphatic rings. The number of allylic oxidation sites excluding steroid dienone is 1.